The molecule has 0 heterocycles. The monoisotopic (exact) mass is 278 g/mol. The predicted molar refractivity (Wildman–Crippen MR) is 77.3 cm³/mol. The number of carbonyl (C=O) groups is 1. The third-order valence-electron chi connectivity index (χ3n) is 5.38. The number of hydrogen-bond donors (Lipinski definition) is 0. The van der Waals surface area contributed by atoms with E-state index >= 15 is 0 Å². The van der Waals surface area contributed by atoms with E-state index in [2.05, 4.69) is 13.0 Å². The molecule has 3 heteroatoms. The standard InChI is InChI=1S/C17H26O3/c1-17(12-13-7-8-14(17)11-13)16(18)20-10-9-19-15-5-3-2-4-6-15/h7,14-15H,2-6,8-12H2,1H3. The molecule has 0 aliphatic heterocycles. The van der Waals surface area contributed by atoms with Gasteiger partial charge in [-0.3, -0.25) is 4.79 Å². The van der Waals surface area contributed by atoms with Gasteiger partial charge in [-0.1, -0.05) is 30.9 Å². The minimum Gasteiger partial charge on any atom is -0.463 e. The summed E-state index contributed by atoms with van der Waals surface area (Å²) in [7, 11) is 0. The molecular weight excluding hydrogens is 252 g/mol. The molecule has 2 saturated carbocycles. The number of esters is 1. The highest BCUT2D eigenvalue weighted by Gasteiger charge is 2.50. The minimum atomic E-state index is -0.269. The lowest BCUT2D eigenvalue weighted by Gasteiger charge is -2.29. The minimum absolute atomic E-state index is 0.0159. The summed E-state index contributed by atoms with van der Waals surface area (Å²) in [5.74, 6) is 0.460. The Bertz CT molecular complexity index is 395. The predicted octanol–water partition coefficient (Wildman–Crippen LogP) is 3.63. The van der Waals surface area contributed by atoms with Crippen molar-refractivity contribution < 1.29 is 14.3 Å². The van der Waals surface area contributed by atoms with E-state index in [-0.39, 0.29) is 11.4 Å². The maximum atomic E-state index is 12.3. The van der Waals surface area contributed by atoms with Gasteiger partial charge in [-0.05, 0) is 44.9 Å². The Morgan fingerprint density at radius 2 is 2.10 bits per heavy atom. The van der Waals surface area contributed by atoms with E-state index in [1.165, 1.54) is 37.7 Å². The summed E-state index contributed by atoms with van der Waals surface area (Å²) in [6, 6.07) is 0. The number of rotatable bonds is 5. The van der Waals surface area contributed by atoms with Gasteiger partial charge in [0.15, 0.2) is 0 Å². The second-order valence-corrected chi connectivity index (χ2v) is 6.86. The molecular formula is C17H26O3. The molecule has 0 saturated heterocycles. The molecule has 112 valence electrons. The van der Waals surface area contributed by atoms with E-state index < -0.39 is 0 Å². The van der Waals surface area contributed by atoms with Crippen LogP contribution < -0.4 is 0 Å². The average Bonchev–Trinajstić information content (AvgIpc) is 3.05. The van der Waals surface area contributed by atoms with Crippen molar-refractivity contribution in [2.45, 2.75) is 64.4 Å². The Morgan fingerprint density at radius 1 is 1.30 bits per heavy atom. The molecule has 20 heavy (non-hydrogen) atoms. The zero-order valence-electron chi connectivity index (χ0n) is 12.5. The van der Waals surface area contributed by atoms with Gasteiger partial charge in [-0.25, -0.2) is 0 Å². The third-order valence-corrected chi connectivity index (χ3v) is 5.38. The zero-order chi connectivity index (χ0) is 14.0. The molecule has 2 fully saturated rings. The third kappa shape index (κ3) is 2.78. The van der Waals surface area contributed by atoms with Crippen molar-refractivity contribution in [3.8, 4) is 0 Å². The largest absolute Gasteiger partial charge is 0.463 e. The topological polar surface area (TPSA) is 35.5 Å². The average molecular weight is 278 g/mol. The van der Waals surface area contributed by atoms with Gasteiger partial charge in [0.05, 0.1) is 18.1 Å². The Kier molecular flexibility index (Phi) is 4.16. The summed E-state index contributed by atoms with van der Waals surface area (Å²) in [5, 5.41) is 0. The molecule has 0 aromatic carbocycles. The van der Waals surface area contributed by atoms with Crippen molar-refractivity contribution >= 4 is 5.97 Å². The fourth-order valence-electron chi connectivity index (χ4n) is 4.02. The lowest BCUT2D eigenvalue weighted by Crippen LogP contribution is -2.35. The van der Waals surface area contributed by atoms with E-state index in [9.17, 15) is 4.79 Å². The highest BCUT2D eigenvalue weighted by atomic mass is 16.6. The van der Waals surface area contributed by atoms with Gasteiger partial charge in [0.1, 0.15) is 6.61 Å². The van der Waals surface area contributed by atoms with Crippen molar-refractivity contribution in [3.63, 3.8) is 0 Å². The van der Waals surface area contributed by atoms with Crippen LogP contribution in [0.15, 0.2) is 11.6 Å². The van der Waals surface area contributed by atoms with Gasteiger partial charge in [0.2, 0.25) is 0 Å². The first kappa shape index (κ1) is 14.1. The molecule has 2 unspecified atom stereocenters. The smallest absolute Gasteiger partial charge is 0.312 e. The molecule has 0 aromatic heterocycles. The Hall–Kier alpha value is -0.830. The quantitative estimate of drug-likeness (QED) is 0.438. The van der Waals surface area contributed by atoms with Crippen LogP contribution >= 0.6 is 0 Å². The fraction of sp³-hybridized carbons (Fsp3) is 0.824. The van der Waals surface area contributed by atoms with E-state index in [0.717, 1.165) is 19.3 Å². The lowest BCUT2D eigenvalue weighted by atomic mass is 9.77. The zero-order valence-corrected chi connectivity index (χ0v) is 12.5. The number of hydrogen-bond acceptors (Lipinski definition) is 3. The van der Waals surface area contributed by atoms with E-state index in [0.29, 0.717) is 25.2 Å². The summed E-state index contributed by atoms with van der Waals surface area (Å²) in [4.78, 5) is 12.3. The van der Waals surface area contributed by atoms with Gasteiger partial charge < -0.3 is 9.47 Å². The molecule has 3 aliphatic carbocycles. The van der Waals surface area contributed by atoms with Crippen molar-refractivity contribution in [1.82, 2.24) is 0 Å². The highest BCUT2D eigenvalue weighted by Crippen LogP contribution is 2.53. The molecule has 3 aliphatic rings. The summed E-state index contributed by atoms with van der Waals surface area (Å²) >= 11 is 0. The molecule has 0 spiro atoms. The van der Waals surface area contributed by atoms with Crippen molar-refractivity contribution in [2.24, 2.45) is 11.3 Å². The van der Waals surface area contributed by atoms with Gasteiger partial charge >= 0.3 is 5.97 Å². The first-order valence-electron chi connectivity index (χ1n) is 8.15. The van der Waals surface area contributed by atoms with E-state index in [1.807, 2.05) is 0 Å². The first-order chi connectivity index (χ1) is 9.68. The number of ether oxygens (including phenoxy) is 2. The molecule has 0 N–H and O–H groups in total. The summed E-state index contributed by atoms with van der Waals surface area (Å²) < 4.78 is 11.3. The maximum Gasteiger partial charge on any atom is 0.312 e. The van der Waals surface area contributed by atoms with Crippen LogP contribution in [0.3, 0.4) is 0 Å². The van der Waals surface area contributed by atoms with Crippen LogP contribution in [-0.2, 0) is 14.3 Å². The Morgan fingerprint density at radius 3 is 2.75 bits per heavy atom. The molecule has 3 rings (SSSR count). The van der Waals surface area contributed by atoms with Crippen LogP contribution in [0.1, 0.15) is 58.3 Å². The van der Waals surface area contributed by atoms with Crippen molar-refractivity contribution in [3.05, 3.63) is 11.6 Å². The van der Waals surface area contributed by atoms with E-state index in [4.69, 9.17) is 9.47 Å². The van der Waals surface area contributed by atoms with Crippen LogP contribution in [0, 0.1) is 11.3 Å². The van der Waals surface area contributed by atoms with Gasteiger partial charge in [-0.15, -0.1) is 0 Å². The van der Waals surface area contributed by atoms with Crippen molar-refractivity contribution in [2.75, 3.05) is 13.2 Å². The lowest BCUT2D eigenvalue weighted by molar-refractivity contribution is -0.159. The summed E-state index contributed by atoms with van der Waals surface area (Å²) in [6.45, 7) is 3.04. The SMILES string of the molecule is CC1(C(=O)OCCOC2CCCCC2)CC2=CCC1C2. The van der Waals surface area contributed by atoms with Crippen LogP contribution in [0.2, 0.25) is 0 Å². The summed E-state index contributed by atoms with van der Waals surface area (Å²) in [6.07, 6.45) is 12.0. The highest BCUT2D eigenvalue weighted by molar-refractivity contribution is 5.78. The Balaban J connectivity index is 1.38. The van der Waals surface area contributed by atoms with Crippen LogP contribution in [0.25, 0.3) is 0 Å². The van der Waals surface area contributed by atoms with Crippen molar-refractivity contribution in [1.29, 1.82) is 0 Å². The molecule has 2 atom stereocenters. The first-order valence-corrected chi connectivity index (χ1v) is 8.15. The molecule has 2 bridgehead atoms. The molecule has 0 amide bonds. The fourth-order valence-corrected chi connectivity index (χ4v) is 4.02. The second kappa shape index (κ2) is 5.88. The molecule has 0 radical (unpaired) electrons. The van der Waals surface area contributed by atoms with Gasteiger partial charge in [0.25, 0.3) is 0 Å². The van der Waals surface area contributed by atoms with Gasteiger partial charge in [0, 0.05) is 0 Å². The number of carbonyl (C=O) groups excluding carboxylic acids is 1. The van der Waals surface area contributed by atoms with Crippen LogP contribution in [0.4, 0.5) is 0 Å². The second-order valence-electron chi connectivity index (χ2n) is 6.86. The van der Waals surface area contributed by atoms with Crippen LogP contribution in [0.5, 0.6) is 0 Å². The van der Waals surface area contributed by atoms with E-state index in [1.54, 1.807) is 0 Å². The number of fused-ring (bicyclic) bond motifs is 2. The molecule has 3 nitrogen and oxygen atoms in total. The number of allylic oxidation sites excluding steroid dienone is 2. The normalized spacial score (nSPS) is 33.2. The van der Waals surface area contributed by atoms with Crippen LogP contribution in [-0.4, -0.2) is 25.3 Å². The Labute approximate surface area is 121 Å². The maximum absolute atomic E-state index is 12.3. The van der Waals surface area contributed by atoms with Gasteiger partial charge in [-0.2, -0.15) is 0 Å². The molecule has 0 aromatic rings. The summed E-state index contributed by atoms with van der Waals surface area (Å²) in [5.41, 5.74) is 1.18.